The van der Waals surface area contributed by atoms with E-state index in [0.29, 0.717) is 17.9 Å². The van der Waals surface area contributed by atoms with Crippen LogP contribution in [0.1, 0.15) is 33.3 Å². The molecule has 1 aromatic carbocycles. The van der Waals surface area contributed by atoms with E-state index in [-0.39, 0.29) is 0 Å². The molecule has 1 aromatic rings. The fraction of sp³-hybridized carbons (Fsp3) is 0.600. The first-order chi connectivity index (χ1) is 7.99. The molecule has 1 atom stereocenters. The third-order valence-corrected chi connectivity index (χ3v) is 3.35. The standard InChI is InChI=1S/C15H24ClN/c1-11(2)14(10-17-12(3)4)8-13-6-5-7-15(16)9-13/h5-7,9,11-12,14,17H,8,10H2,1-4H3. The van der Waals surface area contributed by atoms with Gasteiger partial charge in [0.25, 0.3) is 0 Å². The Balaban J connectivity index is 2.60. The molecule has 0 bridgehead atoms. The van der Waals surface area contributed by atoms with Crippen LogP contribution in [0.3, 0.4) is 0 Å². The van der Waals surface area contributed by atoms with E-state index in [4.69, 9.17) is 11.6 Å². The average Bonchev–Trinajstić information content (AvgIpc) is 2.23. The molecule has 2 heteroatoms. The Morgan fingerprint density at radius 1 is 1.18 bits per heavy atom. The number of rotatable bonds is 6. The van der Waals surface area contributed by atoms with Crippen LogP contribution >= 0.6 is 11.6 Å². The van der Waals surface area contributed by atoms with Crippen molar-refractivity contribution < 1.29 is 0 Å². The lowest BCUT2D eigenvalue weighted by molar-refractivity contribution is 0.349. The van der Waals surface area contributed by atoms with Crippen LogP contribution in [0.4, 0.5) is 0 Å². The zero-order valence-corrected chi connectivity index (χ0v) is 12.1. The molecule has 0 spiro atoms. The maximum Gasteiger partial charge on any atom is 0.0408 e. The Kier molecular flexibility index (Phi) is 6.01. The van der Waals surface area contributed by atoms with Gasteiger partial charge in [-0.25, -0.2) is 0 Å². The Morgan fingerprint density at radius 3 is 2.41 bits per heavy atom. The molecule has 1 unspecified atom stereocenters. The molecule has 0 aliphatic heterocycles. The molecule has 0 radical (unpaired) electrons. The second kappa shape index (κ2) is 7.03. The Hall–Kier alpha value is -0.530. The minimum absolute atomic E-state index is 0.551. The van der Waals surface area contributed by atoms with E-state index in [0.717, 1.165) is 18.0 Å². The average molecular weight is 254 g/mol. The molecule has 96 valence electrons. The highest BCUT2D eigenvalue weighted by molar-refractivity contribution is 6.30. The van der Waals surface area contributed by atoms with Crippen LogP contribution in [0.5, 0.6) is 0 Å². The van der Waals surface area contributed by atoms with Gasteiger partial charge in [0.15, 0.2) is 0 Å². The lowest BCUT2D eigenvalue weighted by atomic mass is 9.89. The molecule has 0 aliphatic carbocycles. The largest absolute Gasteiger partial charge is 0.314 e. The van der Waals surface area contributed by atoms with E-state index < -0.39 is 0 Å². The highest BCUT2D eigenvalue weighted by atomic mass is 35.5. The van der Waals surface area contributed by atoms with Gasteiger partial charge < -0.3 is 5.32 Å². The predicted octanol–water partition coefficient (Wildman–Crippen LogP) is 4.15. The SMILES string of the molecule is CC(C)NCC(Cc1cccc(Cl)c1)C(C)C. The fourth-order valence-corrected chi connectivity index (χ4v) is 2.11. The predicted molar refractivity (Wildman–Crippen MR) is 76.6 cm³/mol. The molecule has 17 heavy (non-hydrogen) atoms. The molecule has 0 aliphatic rings. The van der Waals surface area contributed by atoms with Crippen molar-refractivity contribution in [3.8, 4) is 0 Å². The summed E-state index contributed by atoms with van der Waals surface area (Å²) in [5.41, 5.74) is 1.33. The number of hydrogen-bond acceptors (Lipinski definition) is 1. The summed E-state index contributed by atoms with van der Waals surface area (Å²) >= 11 is 6.02. The number of nitrogens with one attached hydrogen (secondary N) is 1. The molecule has 1 nitrogen and oxygen atoms in total. The molecule has 0 fully saturated rings. The minimum Gasteiger partial charge on any atom is -0.314 e. The zero-order chi connectivity index (χ0) is 12.8. The first-order valence-electron chi connectivity index (χ1n) is 6.47. The highest BCUT2D eigenvalue weighted by Crippen LogP contribution is 2.19. The van der Waals surface area contributed by atoms with Crippen LogP contribution < -0.4 is 5.32 Å². The van der Waals surface area contributed by atoms with E-state index in [9.17, 15) is 0 Å². The third kappa shape index (κ3) is 5.56. The van der Waals surface area contributed by atoms with Gasteiger partial charge in [-0.15, -0.1) is 0 Å². The smallest absolute Gasteiger partial charge is 0.0408 e. The molecular weight excluding hydrogens is 230 g/mol. The monoisotopic (exact) mass is 253 g/mol. The normalized spacial score (nSPS) is 13.4. The number of halogens is 1. The van der Waals surface area contributed by atoms with E-state index in [1.807, 2.05) is 12.1 Å². The summed E-state index contributed by atoms with van der Waals surface area (Å²) in [6, 6.07) is 8.76. The van der Waals surface area contributed by atoms with E-state index >= 15 is 0 Å². The van der Waals surface area contributed by atoms with Crippen LogP contribution in [0.15, 0.2) is 24.3 Å². The van der Waals surface area contributed by atoms with E-state index in [2.05, 4.69) is 45.1 Å². The summed E-state index contributed by atoms with van der Waals surface area (Å²) in [5, 5.41) is 4.36. The van der Waals surface area contributed by atoms with Gasteiger partial charge in [0, 0.05) is 11.1 Å². The van der Waals surface area contributed by atoms with Crippen molar-refractivity contribution in [3.05, 3.63) is 34.9 Å². The lowest BCUT2D eigenvalue weighted by Gasteiger charge is -2.23. The van der Waals surface area contributed by atoms with Gasteiger partial charge in [0.05, 0.1) is 0 Å². The van der Waals surface area contributed by atoms with E-state index in [1.165, 1.54) is 5.56 Å². The van der Waals surface area contributed by atoms with Crippen molar-refractivity contribution >= 4 is 11.6 Å². The summed E-state index contributed by atoms with van der Waals surface area (Å²) in [5.74, 6) is 1.34. The zero-order valence-electron chi connectivity index (χ0n) is 11.3. The van der Waals surface area contributed by atoms with Gasteiger partial charge in [-0.1, -0.05) is 51.4 Å². The summed E-state index contributed by atoms with van der Waals surface area (Å²) in [7, 11) is 0. The fourth-order valence-electron chi connectivity index (χ4n) is 1.90. The first-order valence-corrected chi connectivity index (χ1v) is 6.84. The van der Waals surface area contributed by atoms with Crippen LogP contribution in [-0.4, -0.2) is 12.6 Å². The number of benzene rings is 1. The van der Waals surface area contributed by atoms with Gasteiger partial charge in [0.1, 0.15) is 0 Å². The summed E-state index contributed by atoms with van der Waals surface area (Å²) in [4.78, 5) is 0. The molecule has 0 aromatic heterocycles. The molecule has 0 saturated carbocycles. The van der Waals surface area contributed by atoms with Crippen molar-refractivity contribution in [2.75, 3.05) is 6.54 Å². The van der Waals surface area contributed by atoms with Gasteiger partial charge in [0.2, 0.25) is 0 Å². The van der Waals surface area contributed by atoms with Crippen LogP contribution in [0.25, 0.3) is 0 Å². The maximum atomic E-state index is 6.02. The van der Waals surface area contributed by atoms with Crippen molar-refractivity contribution in [2.45, 2.75) is 40.2 Å². The summed E-state index contributed by atoms with van der Waals surface area (Å²) < 4.78 is 0. The third-order valence-electron chi connectivity index (χ3n) is 3.12. The minimum atomic E-state index is 0.551. The quantitative estimate of drug-likeness (QED) is 0.803. The molecule has 1 N–H and O–H groups in total. The van der Waals surface area contributed by atoms with Crippen molar-refractivity contribution in [3.63, 3.8) is 0 Å². The van der Waals surface area contributed by atoms with Crippen LogP contribution in [0, 0.1) is 11.8 Å². The maximum absolute atomic E-state index is 6.02. The topological polar surface area (TPSA) is 12.0 Å². The number of hydrogen-bond donors (Lipinski definition) is 1. The van der Waals surface area contributed by atoms with Crippen molar-refractivity contribution in [1.29, 1.82) is 0 Å². The molecule has 0 heterocycles. The van der Waals surface area contributed by atoms with E-state index in [1.54, 1.807) is 0 Å². The van der Waals surface area contributed by atoms with Gasteiger partial charge in [-0.05, 0) is 42.5 Å². The van der Waals surface area contributed by atoms with Gasteiger partial charge in [-0.3, -0.25) is 0 Å². The molecule has 1 rings (SSSR count). The van der Waals surface area contributed by atoms with Crippen LogP contribution in [-0.2, 0) is 6.42 Å². The molecular formula is C15H24ClN. The molecule has 0 amide bonds. The first kappa shape index (κ1) is 14.5. The summed E-state index contributed by atoms with van der Waals surface area (Å²) in [6.07, 6.45) is 1.10. The van der Waals surface area contributed by atoms with Gasteiger partial charge >= 0.3 is 0 Å². The van der Waals surface area contributed by atoms with Crippen molar-refractivity contribution in [1.82, 2.24) is 5.32 Å². The van der Waals surface area contributed by atoms with Crippen LogP contribution in [0.2, 0.25) is 5.02 Å². The molecule has 0 saturated heterocycles. The Bertz CT molecular complexity index is 333. The van der Waals surface area contributed by atoms with Crippen molar-refractivity contribution in [2.24, 2.45) is 11.8 Å². The second-order valence-electron chi connectivity index (χ2n) is 5.40. The summed E-state index contributed by atoms with van der Waals surface area (Å²) in [6.45, 7) is 10.0. The lowest BCUT2D eigenvalue weighted by Crippen LogP contribution is -2.32. The Labute approximate surface area is 111 Å². The van der Waals surface area contributed by atoms with Gasteiger partial charge in [-0.2, -0.15) is 0 Å². The Morgan fingerprint density at radius 2 is 1.88 bits per heavy atom. The second-order valence-corrected chi connectivity index (χ2v) is 5.84. The highest BCUT2D eigenvalue weighted by Gasteiger charge is 2.14.